The maximum absolute atomic E-state index is 13.7. The third-order valence-electron chi connectivity index (χ3n) is 3.14. The van der Waals surface area contributed by atoms with Gasteiger partial charge in [0.1, 0.15) is 5.82 Å². The van der Waals surface area contributed by atoms with E-state index in [4.69, 9.17) is 11.6 Å². The molecule has 0 aliphatic carbocycles. The second-order valence-electron chi connectivity index (χ2n) is 4.89. The van der Waals surface area contributed by atoms with Crippen molar-refractivity contribution in [3.05, 3.63) is 86.8 Å². The van der Waals surface area contributed by atoms with E-state index >= 15 is 0 Å². The lowest BCUT2D eigenvalue weighted by Gasteiger charge is -2.07. The Bertz CT molecular complexity index is 941. The highest BCUT2D eigenvalue weighted by molar-refractivity contribution is 7.10. The summed E-state index contributed by atoms with van der Waals surface area (Å²) in [6.07, 6.45) is 0. The second kappa shape index (κ2) is 7.31. The second-order valence-corrected chi connectivity index (χ2v) is 6.27. The van der Waals surface area contributed by atoms with Gasteiger partial charge in [-0.2, -0.15) is 0 Å². The van der Waals surface area contributed by atoms with Crippen LogP contribution >= 0.6 is 22.9 Å². The Labute approximate surface area is 147 Å². The van der Waals surface area contributed by atoms with Crippen molar-refractivity contribution in [2.45, 2.75) is 0 Å². The van der Waals surface area contributed by atoms with Crippen LogP contribution in [0.4, 0.5) is 10.1 Å². The first-order valence-corrected chi connectivity index (χ1v) is 8.29. The number of rotatable bonds is 2. The minimum absolute atomic E-state index is 0.0995. The number of anilines is 1. The zero-order valence-corrected chi connectivity index (χ0v) is 13.9. The fraction of sp³-hybridized carbons (Fsp3) is 0. The summed E-state index contributed by atoms with van der Waals surface area (Å²) in [6, 6.07) is 14.8. The van der Waals surface area contributed by atoms with Gasteiger partial charge in [-0.3, -0.25) is 4.79 Å². The van der Waals surface area contributed by atoms with E-state index in [1.54, 1.807) is 29.5 Å². The summed E-state index contributed by atoms with van der Waals surface area (Å²) in [7, 11) is 0. The number of carbonyl (C=O) groups excluding carboxylic acids is 1. The van der Waals surface area contributed by atoms with Crippen molar-refractivity contribution < 1.29 is 9.18 Å². The Hall–Kier alpha value is -2.61. The molecular weight excluding hydrogens is 345 g/mol. The Morgan fingerprint density at radius 3 is 2.75 bits per heavy atom. The summed E-state index contributed by atoms with van der Waals surface area (Å²) in [5.74, 6) is 4.91. The first-order chi connectivity index (χ1) is 11.6. The van der Waals surface area contributed by atoms with Crippen LogP contribution in [0.25, 0.3) is 0 Å². The third-order valence-corrected chi connectivity index (χ3v) is 4.17. The van der Waals surface area contributed by atoms with E-state index in [2.05, 4.69) is 17.2 Å². The maximum atomic E-state index is 13.7. The van der Waals surface area contributed by atoms with Gasteiger partial charge in [0.25, 0.3) is 5.91 Å². The van der Waals surface area contributed by atoms with E-state index < -0.39 is 11.7 Å². The van der Waals surface area contributed by atoms with Crippen molar-refractivity contribution in [1.82, 2.24) is 0 Å². The van der Waals surface area contributed by atoms with Gasteiger partial charge >= 0.3 is 0 Å². The molecule has 0 fully saturated rings. The average Bonchev–Trinajstić information content (AvgIpc) is 3.09. The zero-order valence-electron chi connectivity index (χ0n) is 12.3. The van der Waals surface area contributed by atoms with E-state index in [0.29, 0.717) is 10.7 Å². The van der Waals surface area contributed by atoms with Gasteiger partial charge in [-0.15, -0.1) is 11.3 Å². The van der Waals surface area contributed by atoms with Crippen molar-refractivity contribution in [3.63, 3.8) is 0 Å². The molecule has 2 nitrogen and oxygen atoms in total. The molecule has 1 N–H and O–H groups in total. The standard InChI is InChI=1S/C19H11ClFNOS/c20-14-7-9-18(21)17(12-14)19(23)22-15-4-1-3-13(11-15)6-8-16-5-2-10-24-16/h1-5,7,9-12H,(H,22,23). The lowest BCUT2D eigenvalue weighted by atomic mass is 10.1. The van der Waals surface area contributed by atoms with Crippen LogP contribution in [0.15, 0.2) is 60.0 Å². The van der Waals surface area contributed by atoms with Gasteiger partial charge in [-0.1, -0.05) is 35.6 Å². The van der Waals surface area contributed by atoms with E-state index in [1.807, 2.05) is 23.6 Å². The number of nitrogens with one attached hydrogen (secondary N) is 1. The molecule has 3 aromatic rings. The quantitative estimate of drug-likeness (QED) is 0.629. The first-order valence-electron chi connectivity index (χ1n) is 7.04. The highest BCUT2D eigenvalue weighted by Gasteiger charge is 2.12. The molecule has 3 rings (SSSR count). The molecule has 1 amide bonds. The smallest absolute Gasteiger partial charge is 0.258 e. The minimum Gasteiger partial charge on any atom is -0.322 e. The molecule has 0 atom stereocenters. The molecule has 0 bridgehead atoms. The molecule has 24 heavy (non-hydrogen) atoms. The predicted molar refractivity (Wildman–Crippen MR) is 96.1 cm³/mol. The molecule has 0 aliphatic heterocycles. The number of thiophene rings is 1. The van der Waals surface area contributed by atoms with E-state index in [9.17, 15) is 9.18 Å². The van der Waals surface area contributed by atoms with Gasteiger partial charge in [-0.05, 0) is 47.8 Å². The highest BCUT2D eigenvalue weighted by atomic mass is 35.5. The van der Waals surface area contributed by atoms with Gasteiger partial charge in [0, 0.05) is 16.3 Å². The van der Waals surface area contributed by atoms with Crippen molar-refractivity contribution in [1.29, 1.82) is 0 Å². The van der Waals surface area contributed by atoms with Crippen LogP contribution in [0.5, 0.6) is 0 Å². The van der Waals surface area contributed by atoms with Gasteiger partial charge in [0.05, 0.1) is 10.4 Å². The van der Waals surface area contributed by atoms with E-state index in [-0.39, 0.29) is 5.56 Å². The van der Waals surface area contributed by atoms with Crippen molar-refractivity contribution >= 4 is 34.5 Å². The summed E-state index contributed by atoms with van der Waals surface area (Å²) in [6.45, 7) is 0. The van der Waals surface area contributed by atoms with Crippen LogP contribution < -0.4 is 5.32 Å². The number of halogens is 2. The molecule has 0 radical (unpaired) electrons. The Kier molecular flexibility index (Phi) is 4.95. The van der Waals surface area contributed by atoms with Gasteiger partial charge in [0.15, 0.2) is 0 Å². The fourth-order valence-corrected chi connectivity index (χ4v) is 2.77. The Morgan fingerprint density at radius 1 is 1.08 bits per heavy atom. The van der Waals surface area contributed by atoms with Crippen LogP contribution in [-0.4, -0.2) is 5.91 Å². The number of amides is 1. The normalized spacial score (nSPS) is 9.92. The molecule has 1 aromatic heterocycles. The molecular formula is C19H11ClFNOS. The molecule has 0 unspecified atom stereocenters. The van der Waals surface area contributed by atoms with Crippen LogP contribution in [-0.2, 0) is 0 Å². The number of carbonyl (C=O) groups is 1. The molecule has 1 heterocycles. The van der Waals surface area contributed by atoms with Crippen molar-refractivity contribution in [2.24, 2.45) is 0 Å². The lowest BCUT2D eigenvalue weighted by Crippen LogP contribution is -2.13. The van der Waals surface area contributed by atoms with Crippen LogP contribution in [0.2, 0.25) is 5.02 Å². The first kappa shape index (κ1) is 16.3. The Balaban J connectivity index is 1.79. The molecule has 0 saturated heterocycles. The third kappa shape index (κ3) is 4.02. The van der Waals surface area contributed by atoms with Crippen molar-refractivity contribution in [2.75, 3.05) is 5.32 Å². The summed E-state index contributed by atoms with van der Waals surface area (Å²) in [5.41, 5.74) is 1.20. The number of benzene rings is 2. The Morgan fingerprint density at radius 2 is 1.96 bits per heavy atom. The van der Waals surface area contributed by atoms with Crippen LogP contribution in [0.3, 0.4) is 0 Å². The highest BCUT2D eigenvalue weighted by Crippen LogP contribution is 2.17. The molecule has 0 saturated carbocycles. The van der Waals surface area contributed by atoms with Gasteiger partial charge in [-0.25, -0.2) is 4.39 Å². The monoisotopic (exact) mass is 355 g/mol. The van der Waals surface area contributed by atoms with Gasteiger partial charge < -0.3 is 5.32 Å². The summed E-state index contributed by atoms with van der Waals surface area (Å²) in [4.78, 5) is 13.2. The van der Waals surface area contributed by atoms with Crippen molar-refractivity contribution in [3.8, 4) is 11.8 Å². The predicted octanol–water partition coefficient (Wildman–Crippen LogP) is 5.19. The fourth-order valence-electron chi connectivity index (χ4n) is 2.03. The van der Waals surface area contributed by atoms with E-state index in [1.165, 1.54) is 18.2 Å². The topological polar surface area (TPSA) is 29.1 Å². The number of hydrogen-bond acceptors (Lipinski definition) is 2. The average molecular weight is 356 g/mol. The molecule has 5 heteroatoms. The maximum Gasteiger partial charge on any atom is 0.258 e. The minimum atomic E-state index is -0.620. The lowest BCUT2D eigenvalue weighted by molar-refractivity contribution is 0.102. The largest absolute Gasteiger partial charge is 0.322 e. The summed E-state index contributed by atoms with van der Waals surface area (Å²) >= 11 is 7.37. The summed E-state index contributed by atoms with van der Waals surface area (Å²) in [5, 5.41) is 4.92. The molecule has 118 valence electrons. The van der Waals surface area contributed by atoms with Gasteiger partial charge in [0.2, 0.25) is 0 Å². The molecule has 2 aromatic carbocycles. The number of hydrogen-bond donors (Lipinski definition) is 1. The zero-order chi connectivity index (χ0) is 16.9. The van der Waals surface area contributed by atoms with Crippen LogP contribution in [0, 0.1) is 17.7 Å². The van der Waals surface area contributed by atoms with E-state index in [0.717, 1.165) is 10.4 Å². The summed E-state index contributed by atoms with van der Waals surface area (Å²) < 4.78 is 13.7. The van der Waals surface area contributed by atoms with Crippen LogP contribution in [0.1, 0.15) is 20.8 Å². The SMILES string of the molecule is O=C(Nc1cccc(C#Cc2cccs2)c1)c1cc(Cl)ccc1F. The molecule has 0 aliphatic rings. The molecule has 0 spiro atoms.